The predicted octanol–water partition coefficient (Wildman–Crippen LogP) is 3.48. The number of hydrogen-bond acceptors (Lipinski definition) is 7. The number of carbonyl (C=O) groups is 2. The predicted molar refractivity (Wildman–Crippen MR) is 129 cm³/mol. The number of nitrogens with zero attached hydrogens (tertiary/aromatic N) is 5. The Bertz CT molecular complexity index is 1520. The van der Waals surface area contributed by atoms with Crippen molar-refractivity contribution >= 4 is 35.0 Å². The van der Waals surface area contributed by atoms with Gasteiger partial charge in [-0.25, -0.2) is 18.3 Å². The van der Waals surface area contributed by atoms with Crippen molar-refractivity contribution in [3.8, 4) is 11.3 Å². The van der Waals surface area contributed by atoms with Gasteiger partial charge in [-0.2, -0.15) is 0 Å². The maximum atomic E-state index is 13.3. The van der Waals surface area contributed by atoms with Crippen LogP contribution in [0.5, 0.6) is 0 Å². The van der Waals surface area contributed by atoms with Crippen LogP contribution >= 0.6 is 0 Å². The zero-order valence-corrected chi connectivity index (χ0v) is 19.2. The maximum Gasteiger partial charge on any atom is 0.272 e. The lowest BCUT2D eigenvalue weighted by molar-refractivity contribution is 0.0843. The number of amides is 1. The van der Waals surface area contributed by atoms with Crippen LogP contribution in [0, 0.1) is 0 Å². The molecule has 4 aromatic rings. The number of aldehydes is 1. The van der Waals surface area contributed by atoms with Gasteiger partial charge in [-0.3, -0.25) is 14.6 Å². The first-order valence-corrected chi connectivity index (χ1v) is 11.5. The Balaban J connectivity index is 1.39. The number of fused-ring (bicyclic) bond motifs is 2. The molecule has 0 spiro atoms. The number of halogens is 2. The molecule has 1 atom stereocenters. The van der Waals surface area contributed by atoms with Crippen molar-refractivity contribution in [2.75, 3.05) is 23.8 Å². The van der Waals surface area contributed by atoms with Gasteiger partial charge in [0.25, 0.3) is 11.8 Å². The maximum absolute atomic E-state index is 13.3. The van der Waals surface area contributed by atoms with Crippen LogP contribution < -0.4 is 15.5 Å². The van der Waals surface area contributed by atoms with E-state index in [2.05, 4.69) is 25.7 Å². The van der Waals surface area contributed by atoms with Gasteiger partial charge in [0.05, 0.1) is 23.6 Å². The Morgan fingerprint density at radius 1 is 1.19 bits per heavy atom. The molecule has 1 aliphatic heterocycles. The smallest absolute Gasteiger partial charge is 0.272 e. The van der Waals surface area contributed by atoms with Crippen molar-refractivity contribution in [2.24, 2.45) is 0 Å². The number of aromatic nitrogens is 4. The van der Waals surface area contributed by atoms with Crippen molar-refractivity contribution in [3.63, 3.8) is 0 Å². The van der Waals surface area contributed by atoms with Gasteiger partial charge in [-0.05, 0) is 30.2 Å². The zero-order valence-electron chi connectivity index (χ0n) is 19.2. The van der Waals surface area contributed by atoms with Crippen LogP contribution in [-0.4, -0.2) is 57.3 Å². The molecule has 0 bridgehead atoms. The fraction of sp³-hybridized carbons (Fsp3) is 0.240. The Labute approximate surface area is 204 Å². The number of nitrogens with one attached hydrogen (secondary N) is 2. The summed E-state index contributed by atoms with van der Waals surface area (Å²) in [5.74, 6) is -2.94. The summed E-state index contributed by atoms with van der Waals surface area (Å²) in [6, 6.07) is 10.2. The highest BCUT2D eigenvalue weighted by Crippen LogP contribution is 2.42. The second-order valence-electron chi connectivity index (χ2n) is 8.84. The summed E-state index contributed by atoms with van der Waals surface area (Å²) in [6.45, 7) is 0.644. The summed E-state index contributed by atoms with van der Waals surface area (Å²) in [6.07, 6.45) is 4.02. The number of anilines is 3. The summed E-state index contributed by atoms with van der Waals surface area (Å²) in [4.78, 5) is 34.5. The number of carbonyl (C=O) groups excluding carboxylic acids is 2. The standard InChI is InChI=1S/C25H21F2N7O2/c1-28-18-9-22(32-34-20(12-30-23(18)34)24(36)31-21-10-25(21,26)27)33-8-7-16-15(3-2-4-19(16)33)17-6-5-14(13-35)11-29-17/h2-6,9,11-13,21,28H,7-8,10H2,1H3,(H,31,36)/t21-/m0/s1. The molecule has 4 heterocycles. The molecule has 1 fully saturated rings. The Morgan fingerprint density at radius 2 is 2.03 bits per heavy atom. The highest BCUT2D eigenvalue weighted by molar-refractivity contribution is 5.94. The third-order valence-corrected chi connectivity index (χ3v) is 6.59. The first-order chi connectivity index (χ1) is 17.4. The Morgan fingerprint density at radius 3 is 2.72 bits per heavy atom. The number of alkyl halides is 2. The first-order valence-electron chi connectivity index (χ1n) is 11.5. The molecule has 2 N–H and O–H groups in total. The molecule has 1 amide bonds. The summed E-state index contributed by atoms with van der Waals surface area (Å²) in [7, 11) is 1.74. The second kappa shape index (κ2) is 8.08. The Kier molecular flexibility index (Phi) is 4.95. The molecule has 1 saturated carbocycles. The molecule has 1 aromatic carbocycles. The van der Waals surface area contributed by atoms with Crippen molar-refractivity contribution in [1.82, 2.24) is 24.9 Å². The number of hydrogen-bond donors (Lipinski definition) is 2. The SMILES string of the molecule is CNc1cc(N2CCc3c(-c4ccc(C=O)cn4)cccc32)nn2c(C(=O)N[C@H]3CC3(F)F)cnc12. The van der Waals surface area contributed by atoms with E-state index in [9.17, 15) is 18.4 Å². The van der Waals surface area contributed by atoms with Crippen LogP contribution in [-0.2, 0) is 6.42 Å². The summed E-state index contributed by atoms with van der Waals surface area (Å²) < 4.78 is 28.1. The van der Waals surface area contributed by atoms with E-state index in [0.29, 0.717) is 29.3 Å². The molecule has 0 radical (unpaired) electrons. The van der Waals surface area contributed by atoms with Crippen molar-refractivity contribution in [3.05, 3.63) is 65.6 Å². The van der Waals surface area contributed by atoms with Crippen molar-refractivity contribution in [2.45, 2.75) is 24.8 Å². The molecule has 36 heavy (non-hydrogen) atoms. The van der Waals surface area contributed by atoms with Crippen LogP contribution in [0.3, 0.4) is 0 Å². The van der Waals surface area contributed by atoms with Crippen LogP contribution in [0.15, 0.2) is 48.8 Å². The molecule has 0 saturated heterocycles. The molecule has 6 rings (SSSR count). The van der Waals surface area contributed by atoms with Crippen LogP contribution in [0.25, 0.3) is 16.9 Å². The van der Waals surface area contributed by atoms with Gasteiger partial charge in [0, 0.05) is 49.1 Å². The van der Waals surface area contributed by atoms with Gasteiger partial charge in [-0.15, -0.1) is 5.10 Å². The lowest BCUT2D eigenvalue weighted by Crippen LogP contribution is -2.30. The number of imidazole rings is 1. The molecular formula is C25H21F2N7O2. The highest BCUT2D eigenvalue weighted by Gasteiger charge is 2.58. The van der Waals surface area contributed by atoms with Gasteiger partial charge in [-0.1, -0.05) is 12.1 Å². The molecule has 2 aliphatic rings. The molecular weight excluding hydrogens is 468 g/mol. The summed E-state index contributed by atoms with van der Waals surface area (Å²) >= 11 is 0. The fourth-order valence-electron chi connectivity index (χ4n) is 4.57. The molecule has 0 unspecified atom stereocenters. The van der Waals surface area contributed by atoms with Crippen LogP contribution in [0.2, 0.25) is 0 Å². The summed E-state index contributed by atoms with van der Waals surface area (Å²) in [5, 5.41) is 10.1. The van der Waals surface area contributed by atoms with Gasteiger partial charge in [0.15, 0.2) is 23.4 Å². The van der Waals surface area contributed by atoms with E-state index in [4.69, 9.17) is 0 Å². The largest absolute Gasteiger partial charge is 0.385 e. The van der Waals surface area contributed by atoms with E-state index in [1.807, 2.05) is 35.2 Å². The fourth-order valence-corrected chi connectivity index (χ4v) is 4.57. The lowest BCUT2D eigenvalue weighted by Gasteiger charge is -2.20. The van der Waals surface area contributed by atoms with Crippen LogP contribution in [0.4, 0.5) is 26.0 Å². The van der Waals surface area contributed by atoms with E-state index in [-0.39, 0.29) is 12.1 Å². The summed E-state index contributed by atoms with van der Waals surface area (Å²) in [5.41, 5.74) is 5.43. The molecule has 182 valence electrons. The van der Waals surface area contributed by atoms with Gasteiger partial charge >= 0.3 is 0 Å². The minimum absolute atomic E-state index is 0.0821. The lowest BCUT2D eigenvalue weighted by atomic mass is 10.0. The number of pyridine rings is 1. The average Bonchev–Trinajstić information content (AvgIpc) is 3.25. The van der Waals surface area contributed by atoms with Crippen molar-refractivity contribution in [1.29, 1.82) is 0 Å². The molecule has 1 aliphatic carbocycles. The van der Waals surface area contributed by atoms with E-state index in [1.165, 1.54) is 10.7 Å². The average molecular weight is 489 g/mol. The molecule has 9 nitrogen and oxygen atoms in total. The first kappa shape index (κ1) is 22.1. The van der Waals surface area contributed by atoms with E-state index in [1.54, 1.807) is 19.3 Å². The topological polar surface area (TPSA) is 105 Å². The van der Waals surface area contributed by atoms with Gasteiger partial charge < -0.3 is 15.5 Å². The number of benzene rings is 1. The third-order valence-electron chi connectivity index (χ3n) is 6.59. The Hall–Kier alpha value is -4.41. The van der Waals surface area contributed by atoms with Crippen LogP contribution in [0.1, 0.15) is 32.8 Å². The molecule has 11 heteroatoms. The van der Waals surface area contributed by atoms with Gasteiger partial charge in [0.1, 0.15) is 0 Å². The number of rotatable bonds is 6. The zero-order chi connectivity index (χ0) is 25.0. The minimum atomic E-state index is -2.87. The van der Waals surface area contributed by atoms with E-state index in [0.717, 1.165) is 35.2 Å². The third kappa shape index (κ3) is 3.55. The van der Waals surface area contributed by atoms with Crippen molar-refractivity contribution < 1.29 is 18.4 Å². The second-order valence-corrected chi connectivity index (χ2v) is 8.84. The highest BCUT2D eigenvalue weighted by atomic mass is 19.3. The monoisotopic (exact) mass is 489 g/mol. The quantitative estimate of drug-likeness (QED) is 0.400. The minimum Gasteiger partial charge on any atom is -0.385 e. The van der Waals surface area contributed by atoms with Gasteiger partial charge in [0.2, 0.25) is 0 Å². The van der Waals surface area contributed by atoms with E-state index >= 15 is 0 Å². The molecule has 3 aromatic heterocycles. The normalized spacial score (nSPS) is 17.6. The van der Waals surface area contributed by atoms with E-state index < -0.39 is 17.9 Å².